The Bertz CT molecular complexity index is 775. The Morgan fingerprint density at radius 3 is 2.52 bits per heavy atom. The lowest BCUT2D eigenvalue weighted by Gasteiger charge is -2.11. The second kappa shape index (κ2) is 8.79. The first-order valence-corrected chi connectivity index (χ1v) is 8.04. The number of ether oxygens (including phenoxy) is 1. The second-order valence-corrected chi connectivity index (χ2v) is 5.54. The fraction of sp³-hybridized carbons (Fsp3) is 0.167. The van der Waals surface area contributed by atoms with Crippen molar-refractivity contribution in [1.82, 2.24) is 5.32 Å². The number of rotatable bonds is 6. The van der Waals surface area contributed by atoms with Gasteiger partial charge in [0.2, 0.25) is 0 Å². The lowest BCUT2D eigenvalue weighted by Crippen LogP contribution is -2.34. The summed E-state index contributed by atoms with van der Waals surface area (Å²) < 4.78 is 5.37. The van der Waals surface area contributed by atoms with Crippen LogP contribution in [0.3, 0.4) is 0 Å². The van der Waals surface area contributed by atoms with Gasteiger partial charge in [-0.3, -0.25) is 14.9 Å². The summed E-state index contributed by atoms with van der Waals surface area (Å²) in [5.74, 6) is -0.623. The second-order valence-electron chi connectivity index (χ2n) is 5.14. The predicted octanol–water partition coefficient (Wildman–Crippen LogP) is 2.84. The van der Waals surface area contributed by atoms with Gasteiger partial charge in [0.05, 0.1) is 13.0 Å². The topological polar surface area (TPSA) is 87.7 Å². The number of thiocarbonyl (C=S) groups is 1. The summed E-state index contributed by atoms with van der Waals surface area (Å²) in [6.07, 6.45) is -0.0440. The maximum atomic E-state index is 12.2. The zero-order chi connectivity index (χ0) is 18.2. The molecule has 25 heavy (non-hydrogen) atoms. The van der Waals surface area contributed by atoms with Crippen LogP contribution in [-0.2, 0) is 11.2 Å². The lowest BCUT2D eigenvalue weighted by atomic mass is 10.1. The summed E-state index contributed by atoms with van der Waals surface area (Å²) >= 11 is 5.13. The van der Waals surface area contributed by atoms with E-state index in [4.69, 9.17) is 22.1 Å². The van der Waals surface area contributed by atoms with Crippen molar-refractivity contribution in [3.63, 3.8) is 0 Å². The van der Waals surface area contributed by atoms with Crippen LogP contribution in [0.5, 0.6) is 5.75 Å². The molecule has 2 aromatic rings. The van der Waals surface area contributed by atoms with Gasteiger partial charge in [0, 0.05) is 11.3 Å². The Hall–Kier alpha value is -2.93. The van der Waals surface area contributed by atoms with Crippen LogP contribution in [0.4, 0.5) is 5.69 Å². The van der Waals surface area contributed by atoms with Crippen molar-refractivity contribution in [2.45, 2.75) is 13.3 Å². The number of carboxylic acid groups (broad SMARTS) is 1. The molecule has 0 unspecified atom stereocenters. The average Bonchev–Trinajstić information content (AvgIpc) is 2.56. The van der Waals surface area contributed by atoms with Crippen LogP contribution < -0.4 is 15.4 Å². The van der Waals surface area contributed by atoms with Gasteiger partial charge in [0.25, 0.3) is 5.91 Å². The summed E-state index contributed by atoms with van der Waals surface area (Å²) in [4.78, 5) is 22.9. The van der Waals surface area contributed by atoms with E-state index in [0.717, 1.165) is 0 Å². The SMILES string of the molecule is CCOc1cccc(C(=O)NC(=S)Nc2ccc(CC(=O)O)cc2)c1. The Morgan fingerprint density at radius 1 is 1.16 bits per heavy atom. The van der Waals surface area contributed by atoms with Gasteiger partial charge in [0.15, 0.2) is 5.11 Å². The number of amides is 1. The molecule has 130 valence electrons. The van der Waals surface area contributed by atoms with E-state index in [1.807, 2.05) is 6.92 Å². The van der Waals surface area contributed by atoms with Crippen LogP contribution in [0.2, 0.25) is 0 Å². The van der Waals surface area contributed by atoms with E-state index in [1.54, 1.807) is 48.5 Å². The molecule has 0 saturated heterocycles. The number of aliphatic carboxylic acids is 1. The zero-order valence-corrected chi connectivity index (χ0v) is 14.4. The van der Waals surface area contributed by atoms with E-state index in [-0.39, 0.29) is 17.4 Å². The van der Waals surface area contributed by atoms with Crippen molar-refractivity contribution >= 4 is 34.9 Å². The van der Waals surface area contributed by atoms with Crippen molar-refractivity contribution in [3.8, 4) is 5.75 Å². The van der Waals surface area contributed by atoms with E-state index in [1.165, 1.54) is 0 Å². The first-order valence-electron chi connectivity index (χ1n) is 7.64. The van der Waals surface area contributed by atoms with Crippen LogP contribution in [0, 0.1) is 0 Å². The van der Waals surface area contributed by atoms with Gasteiger partial charge >= 0.3 is 5.97 Å². The monoisotopic (exact) mass is 358 g/mol. The summed E-state index contributed by atoms with van der Waals surface area (Å²) in [6, 6.07) is 13.6. The number of carboxylic acids is 1. The van der Waals surface area contributed by atoms with Crippen molar-refractivity contribution in [3.05, 3.63) is 59.7 Å². The van der Waals surface area contributed by atoms with Crippen molar-refractivity contribution in [2.75, 3.05) is 11.9 Å². The molecule has 0 radical (unpaired) electrons. The quantitative estimate of drug-likeness (QED) is 0.688. The molecule has 0 saturated carbocycles. The van der Waals surface area contributed by atoms with E-state index in [2.05, 4.69) is 10.6 Å². The predicted molar refractivity (Wildman–Crippen MR) is 99.1 cm³/mol. The van der Waals surface area contributed by atoms with Gasteiger partial charge in [-0.2, -0.15) is 0 Å². The zero-order valence-electron chi connectivity index (χ0n) is 13.6. The molecule has 0 heterocycles. The molecule has 6 nitrogen and oxygen atoms in total. The molecule has 0 atom stereocenters. The first kappa shape index (κ1) is 18.4. The molecule has 0 bridgehead atoms. The highest BCUT2D eigenvalue weighted by Gasteiger charge is 2.09. The molecule has 3 N–H and O–H groups in total. The van der Waals surface area contributed by atoms with Crippen molar-refractivity contribution in [1.29, 1.82) is 0 Å². The molecule has 0 aliphatic carbocycles. The van der Waals surface area contributed by atoms with E-state index in [9.17, 15) is 9.59 Å². The minimum absolute atomic E-state index is 0.0440. The number of hydrogen-bond donors (Lipinski definition) is 3. The van der Waals surface area contributed by atoms with Gasteiger partial charge in [-0.25, -0.2) is 0 Å². The minimum atomic E-state index is -0.891. The summed E-state index contributed by atoms with van der Waals surface area (Å²) in [5.41, 5.74) is 1.77. The van der Waals surface area contributed by atoms with Crippen LogP contribution in [0.1, 0.15) is 22.8 Å². The van der Waals surface area contributed by atoms with E-state index >= 15 is 0 Å². The van der Waals surface area contributed by atoms with Crippen molar-refractivity contribution in [2.24, 2.45) is 0 Å². The number of benzene rings is 2. The molecule has 0 aromatic heterocycles. The molecular weight excluding hydrogens is 340 g/mol. The molecule has 1 amide bonds. The third-order valence-corrected chi connectivity index (χ3v) is 3.41. The Morgan fingerprint density at radius 2 is 1.88 bits per heavy atom. The van der Waals surface area contributed by atoms with E-state index < -0.39 is 5.97 Å². The first-order chi connectivity index (χ1) is 12.0. The minimum Gasteiger partial charge on any atom is -0.494 e. The van der Waals surface area contributed by atoms with Crippen LogP contribution in [-0.4, -0.2) is 28.7 Å². The third kappa shape index (κ3) is 5.89. The molecule has 7 heteroatoms. The van der Waals surface area contributed by atoms with Gasteiger partial charge in [0.1, 0.15) is 5.75 Å². The summed E-state index contributed by atoms with van der Waals surface area (Å²) in [6.45, 7) is 2.39. The lowest BCUT2D eigenvalue weighted by molar-refractivity contribution is -0.136. The number of carbonyl (C=O) groups is 2. The summed E-state index contributed by atoms with van der Waals surface area (Å²) in [7, 11) is 0. The Kier molecular flexibility index (Phi) is 6.47. The molecule has 0 spiro atoms. The number of carbonyl (C=O) groups excluding carboxylic acids is 1. The average molecular weight is 358 g/mol. The van der Waals surface area contributed by atoms with E-state index in [0.29, 0.717) is 29.2 Å². The van der Waals surface area contributed by atoms with Gasteiger partial charge in [-0.1, -0.05) is 18.2 Å². The highest BCUT2D eigenvalue weighted by molar-refractivity contribution is 7.80. The normalized spacial score (nSPS) is 9.96. The Labute approximate surface area is 150 Å². The summed E-state index contributed by atoms with van der Waals surface area (Å²) in [5, 5.41) is 14.4. The van der Waals surface area contributed by atoms with Crippen LogP contribution in [0.15, 0.2) is 48.5 Å². The maximum Gasteiger partial charge on any atom is 0.307 e. The number of anilines is 1. The number of nitrogens with one attached hydrogen (secondary N) is 2. The fourth-order valence-electron chi connectivity index (χ4n) is 2.11. The van der Waals surface area contributed by atoms with Gasteiger partial charge < -0.3 is 15.2 Å². The third-order valence-electron chi connectivity index (χ3n) is 3.20. The van der Waals surface area contributed by atoms with Crippen LogP contribution >= 0.6 is 12.2 Å². The smallest absolute Gasteiger partial charge is 0.307 e. The molecule has 2 rings (SSSR count). The number of hydrogen-bond acceptors (Lipinski definition) is 4. The fourth-order valence-corrected chi connectivity index (χ4v) is 2.32. The maximum absolute atomic E-state index is 12.2. The van der Waals surface area contributed by atoms with Crippen molar-refractivity contribution < 1.29 is 19.4 Å². The molecule has 0 fully saturated rings. The highest BCUT2D eigenvalue weighted by Crippen LogP contribution is 2.14. The van der Waals surface area contributed by atoms with Gasteiger partial charge in [-0.05, 0) is 55.0 Å². The molecule has 2 aromatic carbocycles. The standard InChI is InChI=1S/C18H18N2O4S/c1-2-24-15-5-3-4-13(11-15)17(23)20-18(25)19-14-8-6-12(7-9-14)10-16(21)22/h3-9,11H,2,10H2,1H3,(H,21,22)(H2,19,20,23,25). The van der Waals surface area contributed by atoms with Crippen LogP contribution in [0.25, 0.3) is 0 Å². The largest absolute Gasteiger partial charge is 0.494 e. The highest BCUT2D eigenvalue weighted by atomic mass is 32.1. The molecule has 0 aliphatic heterocycles. The molecular formula is C18H18N2O4S. The Balaban J connectivity index is 1.94. The molecule has 0 aliphatic rings. The van der Waals surface area contributed by atoms with Gasteiger partial charge in [-0.15, -0.1) is 0 Å².